The third kappa shape index (κ3) is 10.2. The van der Waals surface area contributed by atoms with E-state index >= 15 is 0 Å². The van der Waals surface area contributed by atoms with Crippen LogP contribution >= 0.6 is 0 Å². The van der Waals surface area contributed by atoms with Crippen molar-refractivity contribution in [3.8, 4) is 40.6 Å². The van der Waals surface area contributed by atoms with Crippen LogP contribution in [-0.4, -0.2) is 28.3 Å². The minimum absolute atomic E-state index is 0.153. The zero-order chi connectivity index (χ0) is 42.7. The molecule has 0 radical (unpaired) electrons. The SMILES string of the molecule is N#CC(Oc1cccc(COc2ccc(OCc3ccc4ccccc4n3)cc2)c1)C1(COc2cccc(COc3ccc(OCc4ccc5ccccc5n4)cc3)c2)N=NN=N1. The molecule has 13 nitrogen and oxygen atoms in total. The number of benzene rings is 6. The summed E-state index contributed by atoms with van der Waals surface area (Å²) in [4.78, 5) is 9.34. The molecular weight excluding hydrogens is 795 g/mol. The smallest absolute Gasteiger partial charge is 0.278 e. The number of ether oxygens (including phenoxy) is 6. The van der Waals surface area contributed by atoms with E-state index in [1.807, 2.05) is 152 Å². The van der Waals surface area contributed by atoms with Gasteiger partial charge in [0.2, 0.25) is 6.10 Å². The maximum atomic E-state index is 10.3. The third-order valence-electron chi connectivity index (χ3n) is 10.1. The molecule has 1 unspecified atom stereocenters. The lowest BCUT2D eigenvalue weighted by atomic mass is 10.1. The molecular formula is C50H39N7O6. The van der Waals surface area contributed by atoms with Crippen LogP contribution in [-0.2, 0) is 26.4 Å². The van der Waals surface area contributed by atoms with E-state index < -0.39 is 11.8 Å². The molecule has 0 fully saturated rings. The fraction of sp³-hybridized carbons (Fsp3) is 0.140. The first-order chi connectivity index (χ1) is 31.1. The molecule has 63 heavy (non-hydrogen) atoms. The van der Waals surface area contributed by atoms with Crippen molar-refractivity contribution in [1.29, 1.82) is 5.26 Å². The number of pyridine rings is 2. The van der Waals surface area contributed by atoms with Crippen LogP contribution in [0.5, 0.6) is 34.5 Å². The highest BCUT2D eigenvalue weighted by Gasteiger charge is 2.46. The van der Waals surface area contributed by atoms with Crippen molar-refractivity contribution < 1.29 is 28.4 Å². The van der Waals surface area contributed by atoms with Crippen LogP contribution in [0.3, 0.4) is 0 Å². The number of aromatic nitrogens is 2. The molecule has 0 N–H and O–H groups in total. The van der Waals surface area contributed by atoms with Gasteiger partial charge in [0.25, 0.3) is 5.66 Å². The maximum Gasteiger partial charge on any atom is 0.278 e. The predicted molar refractivity (Wildman–Crippen MR) is 235 cm³/mol. The lowest BCUT2D eigenvalue weighted by Gasteiger charge is -2.25. The Morgan fingerprint density at radius 2 is 0.905 bits per heavy atom. The first-order valence-corrected chi connectivity index (χ1v) is 20.2. The highest BCUT2D eigenvalue weighted by atomic mass is 16.5. The van der Waals surface area contributed by atoms with Gasteiger partial charge in [-0.1, -0.05) is 72.8 Å². The molecule has 1 aliphatic heterocycles. The van der Waals surface area contributed by atoms with Crippen molar-refractivity contribution in [3.05, 3.63) is 192 Å². The second kappa shape index (κ2) is 18.9. The second-order valence-electron chi connectivity index (χ2n) is 14.6. The van der Waals surface area contributed by atoms with Crippen LogP contribution in [0.15, 0.2) is 191 Å². The molecule has 6 aromatic carbocycles. The molecule has 0 amide bonds. The zero-order valence-corrected chi connectivity index (χ0v) is 33.9. The highest BCUT2D eigenvalue weighted by Crippen LogP contribution is 2.31. The van der Waals surface area contributed by atoms with Crippen LogP contribution in [0.1, 0.15) is 22.5 Å². The van der Waals surface area contributed by atoms with E-state index in [1.165, 1.54) is 0 Å². The summed E-state index contributed by atoms with van der Waals surface area (Å²) in [6.45, 7) is 1.10. The van der Waals surface area contributed by atoms with Gasteiger partial charge in [-0.3, -0.25) is 0 Å². The molecule has 0 spiro atoms. The van der Waals surface area contributed by atoms with Gasteiger partial charge in [0.1, 0.15) is 73.6 Å². The molecule has 0 saturated carbocycles. The third-order valence-corrected chi connectivity index (χ3v) is 10.1. The van der Waals surface area contributed by atoms with Crippen LogP contribution in [0.25, 0.3) is 21.8 Å². The monoisotopic (exact) mass is 833 g/mol. The van der Waals surface area contributed by atoms with Crippen molar-refractivity contribution in [2.75, 3.05) is 6.61 Å². The van der Waals surface area contributed by atoms with Gasteiger partial charge in [-0.15, -0.1) is 10.2 Å². The largest absolute Gasteiger partial charge is 0.489 e. The summed E-state index contributed by atoms with van der Waals surface area (Å²) < 4.78 is 36.3. The van der Waals surface area contributed by atoms with Crippen molar-refractivity contribution in [2.45, 2.75) is 38.2 Å². The molecule has 0 saturated heterocycles. The molecule has 1 aliphatic rings. The summed E-state index contributed by atoms with van der Waals surface area (Å²) >= 11 is 0. The summed E-state index contributed by atoms with van der Waals surface area (Å²) in [5.41, 5.74) is 3.72. The molecule has 310 valence electrons. The average molecular weight is 834 g/mol. The van der Waals surface area contributed by atoms with E-state index in [4.69, 9.17) is 28.4 Å². The van der Waals surface area contributed by atoms with Crippen LogP contribution in [0.2, 0.25) is 0 Å². The van der Waals surface area contributed by atoms with Gasteiger partial charge in [0.15, 0.2) is 0 Å². The van der Waals surface area contributed by atoms with Gasteiger partial charge in [-0.2, -0.15) is 5.26 Å². The van der Waals surface area contributed by atoms with Crippen LogP contribution in [0, 0.1) is 11.3 Å². The summed E-state index contributed by atoms with van der Waals surface area (Å²) in [5.74, 6) is 3.70. The van der Waals surface area contributed by atoms with Gasteiger partial charge in [0, 0.05) is 10.8 Å². The van der Waals surface area contributed by atoms with E-state index in [0.717, 1.165) is 44.3 Å². The Balaban J connectivity index is 0.750. The van der Waals surface area contributed by atoms with E-state index in [9.17, 15) is 5.26 Å². The lowest BCUT2D eigenvalue weighted by Crippen LogP contribution is -2.45. The fourth-order valence-corrected chi connectivity index (χ4v) is 6.73. The standard InChI is InChI=1S/C50H39N7O6/c51-29-49(63-46-12-6-8-36(28-46)31-59-42-21-25-44(26-22-42)61-33-40-18-16-38-10-2-4-14-48(38)53-40)50(54-56-57-55-50)34-62-45-11-5-7-35(27-45)30-58-41-19-23-43(24-20-41)60-32-39-17-15-37-9-1-3-13-47(37)52-39/h1-28,49H,30-34H2. The molecule has 9 rings (SSSR count). The topological polar surface area (TPSA) is 154 Å². The number of hydrogen-bond acceptors (Lipinski definition) is 13. The van der Waals surface area contributed by atoms with Gasteiger partial charge in [-0.25, -0.2) is 9.97 Å². The molecule has 0 aliphatic carbocycles. The van der Waals surface area contributed by atoms with Gasteiger partial charge in [0.05, 0.1) is 22.4 Å². The Bertz CT molecular complexity index is 2930. The van der Waals surface area contributed by atoms with Crippen molar-refractivity contribution in [3.63, 3.8) is 0 Å². The molecule has 8 aromatic rings. The van der Waals surface area contributed by atoms with Gasteiger partial charge >= 0.3 is 0 Å². The Morgan fingerprint density at radius 1 is 0.444 bits per heavy atom. The zero-order valence-electron chi connectivity index (χ0n) is 33.9. The maximum absolute atomic E-state index is 10.3. The number of rotatable bonds is 18. The number of fused-ring (bicyclic) bond motifs is 2. The summed E-state index contributed by atoms with van der Waals surface area (Å²) in [7, 11) is 0. The van der Waals surface area contributed by atoms with Crippen molar-refractivity contribution >= 4 is 21.8 Å². The Kier molecular flexibility index (Phi) is 12.0. The van der Waals surface area contributed by atoms with E-state index in [0.29, 0.717) is 47.7 Å². The molecule has 13 heteroatoms. The van der Waals surface area contributed by atoms with E-state index in [-0.39, 0.29) is 19.8 Å². The predicted octanol–water partition coefficient (Wildman–Crippen LogP) is 11.0. The van der Waals surface area contributed by atoms with Crippen molar-refractivity contribution in [1.82, 2.24) is 9.97 Å². The Labute approximate surface area is 362 Å². The summed E-state index contributed by atoms with van der Waals surface area (Å²) in [6.07, 6.45) is -1.21. The number of hydrogen-bond donors (Lipinski definition) is 0. The van der Waals surface area contributed by atoms with E-state index in [2.05, 4.69) is 36.7 Å². The average Bonchev–Trinajstić information content (AvgIpc) is 3.83. The first-order valence-electron chi connectivity index (χ1n) is 20.2. The number of nitriles is 1. The fourth-order valence-electron chi connectivity index (χ4n) is 6.73. The molecule has 3 heterocycles. The quantitative estimate of drug-likeness (QED) is 0.0821. The van der Waals surface area contributed by atoms with Crippen LogP contribution < -0.4 is 28.4 Å². The van der Waals surface area contributed by atoms with Crippen molar-refractivity contribution in [2.24, 2.45) is 20.7 Å². The molecule has 0 bridgehead atoms. The normalized spacial score (nSPS) is 13.0. The number of para-hydroxylation sites is 2. The minimum atomic E-state index is -1.53. The first kappa shape index (κ1) is 40.1. The van der Waals surface area contributed by atoms with Gasteiger partial charge in [-0.05, 0) is 119 Å². The minimum Gasteiger partial charge on any atom is -0.489 e. The molecule has 1 atom stereocenters. The number of nitrogens with zero attached hydrogens (tertiary/aromatic N) is 7. The Hall–Kier alpha value is -8.37. The summed E-state index contributed by atoms with van der Waals surface area (Å²) in [5, 5.41) is 28.2. The lowest BCUT2D eigenvalue weighted by molar-refractivity contribution is 0.109. The Morgan fingerprint density at radius 3 is 1.41 bits per heavy atom. The van der Waals surface area contributed by atoms with E-state index in [1.54, 1.807) is 18.2 Å². The molecule has 2 aromatic heterocycles. The second-order valence-corrected chi connectivity index (χ2v) is 14.6. The van der Waals surface area contributed by atoms with Gasteiger partial charge < -0.3 is 28.4 Å². The highest BCUT2D eigenvalue weighted by molar-refractivity contribution is 5.79. The summed E-state index contributed by atoms with van der Waals surface area (Å²) in [6, 6.07) is 55.7. The van der Waals surface area contributed by atoms with Crippen LogP contribution in [0.4, 0.5) is 0 Å².